The highest BCUT2D eigenvalue weighted by molar-refractivity contribution is 5.82. The summed E-state index contributed by atoms with van der Waals surface area (Å²) in [6.07, 6.45) is -2.50. The summed E-state index contributed by atoms with van der Waals surface area (Å²) < 4.78 is 35.7. The van der Waals surface area contributed by atoms with Crippen molar-refractivity contribution >= 4 is 11.8 Å². The molecule has 140 valence electrons. The average Bonchev–Trinajstić information content (AvgIpc) is 3.15. The second kappa shape index (κ2) is 5.14. The first-order chi connectivity index (χ1) is 11.5. The van der Waals surface area contributed by atoms with Crippen molar-refractivity contribution in [1.82, 2.24) is 5.01 Å². The van der Waals surface area contributed by atoms with Gasteiger partial charge in [0.05, 0.1) is 6.61 Å². The van der Waals surface area contributed by atoms with Crippen molar-refractivity contribution in [1.29, 1.82) is 0 Å². The second-order valence-corrected chi connectivity index (χ2v) is 7.65. The van der Waals surface area contributed by atoms with E-state index in [1.807, 2.05) is 13.8 Å². The third-order valence-corrected chi connectivity index (χ3v) is 4.70. The fourth-order valence-corrected chi connectivity index (χ4v) is 3.92. The summed E-state index contributed by atoms with van der Waals surface area (Å²) in [4.78, 5) is 12.3. The summed E-state index contributed by atoms with van der Waals surface area (Å²) in [5.41, 5.74) is -1.29. The Hall–Kier alpha value is -1.26. The van der Waals surface area contributed by atoms with Crippen molar-refractivity contribution in [2.24, 2.45) is 5.10 Å². The number of amides is 1. The number of carbonyl (C=O) groups excluding carboxylic acids is 1. The fourth-order valence-electron chi connectivity index (χ4n) is 3.92. The van der Waals surface area contributed by atoms with E-state index in [0.29, 0.717) is 12.5 Å². The van der Waals surface area contributed by atoms with Crippen LogP contribution < -0.4 is 0 Å². The Morgan fingerprint density at radius 3 is 2.44 bits per heavy atom. The quantitative estimate of drug-likeness (QED) is 0.690. The van der Waals surface area contributed by atoms with Crippen LogP contribution in [-0.4, -0.2) is 65.3 Å². The lowest BCUT2D eigenvalue weighted by Gasteiger charge is -2.39. The summed E-state index contributed by atoms with van der Waals surface area (Å²) in [5.74, 6) is -1.53. The van der Waals surface area contributed by atoms with Crippen LogP contribution in [0.3, 0.4) is 0 Å². The standard InChI is InChI=1S/C16H24N2O7/c1-8-17-18(9(2)19)16(22-8)11(10-7-20-14(3,4)23-10)21-13-12(16)24-15(5,6)25-13/h10-13H,7H2,1-6H3/t10-,11-,12+,13-,16+/m1/s1. The van der Waals surface area contributed by atoms with E-state index in [0.717, 1.165) is 0 Å². The van der Waals surface area contributed by atoms with Crippen LogP contribution in [0.2, 0.25) is 0 Å². The molecule has 0 bridgehead atoms. The smallest absolute Gasteiger partial charge is 0.266 e. The monoisotopic (exact) mass is 356 g/mol. The van der Waals surface area contributed by atoms with E-state index in [-0.39, 0.29) is 5.91 Å². The Labute approximate surface area is 146 Å². The lowest BCUT2D eigenvalue weighted by Crippen LogP contribution is -2.63. The molecule has 4 heterocycles. The minimum Gasteiger partial charge on any atom is -0.445 e. The van der Waals surface area contributed by atoms with E-state index in [1.165, 1.54) is 11.9 Å². The molecule has 9 nitrogen and oxygen atoms in total. The zero-order chi connectivity index (χ0) is 18.2. The highest BCUT2D eigenvalue weighted by Gasteiger charge is 2.73. The molecule has 25 heavy (non-hydrogen) atoms. The van der Waals surface area contributed by atoms with Crippen LogP contribution in [0, 0.1) is 0 Å². The Morgan fingerprint density at radius 1 is 1.12 bits per heavy atom. The molecule has 3 saturated heterocycles. The maximum absolute atomic E-state index is 12.3. The van der Waals surface area contributed by atoms with Gasteiger partial charge in [-0.05, 0) is 27.7 Å². The van der Waals surface area contributed by atoms with Gasteiger partial charge in [-0.2, -0.15) is 5.01 Å². The molecule has 0 radical (unpaired) electrons. The maximum Gasteiger partial charge on any atom is 0.266 e. The first-order valence-corrected chi connectivity index (χ1v) is 8.42. The molecule has 0 unspecified atom stereocenters. The van der Waals surface area contributed by atoms with Gasteiger partial charge in [-0.3, -0.25) is 4.79 Å². The third-order valence-electron chi connectivity index (χ3n) is 4.70. The van der Waals surface area contributed by atoms with Gasteiger partial charge in [0.15, 0.2) is 30.1 Å². The van der Waals surface area contributed by atoms with Gasteiger partial charge in [0.1, 0.15) is 6.10 Å². The molecule has 0 N–H and O–H groups in total. The predicted molar refractivity (Wildman–Crippen MR) is 83.0 cm³/mol. The maximum atomic E-state index is 12.3. The Morgan fingerprint density at radius 2 is 1.84 bits per heavy atom. The molecule has 4 aliphatic heterocycles. The zero-order valence-corrected chi connectivity index (χ0v) is 15.3. The average molecular weight is 356 g/mol. The van der Waals surface area contributed by atoms with Crippen molar-refractivity contribution in [2.75, 3.05) is 6.61 Å². The van der Waals surface area contributed by atoms with Crippen LogP contribution in [0.25, 0.3) is 0 Å². The lowest BCUT2D eigenvalue weighted by atomic mass is 9.97. The minimum atomic E-state index is -1.29. The van der Waals surface area contributed by atoms with Gasteiger partial charge in [0.25, 0.3) is 5.72 Å². The van der Waals surface area contributed by atoms with Crippen molar-refractivity contribution in [3.8, 4) is 0 Å². The molecule has 3 fully saturated rings. The number of fused-ring (bicyclic) bond motifs is 2. The van der Waals surface area contributed by atoms with Gasteiger partial charge in [-0.1, -0.05) is 0 Å². The summed E-state index contributed by atoms with van der Waals surface area (Å²) in [5, 5.41) is 5.54. The van der Waals surface area contributed by atoms with Crippen molar-refractivity contribution in [3.05, 3.63) is 0 Å². The molecule has 4 aliphatic rings. The highest BCUT2D eigenvalue weighted by atomic mass is 16.9. The predicted octanol–water partition coefficient (Wildman–Crippen LogP) is 0.923. The minimum absolute atomic E-state index is 0.280. The molecule has 0 aromatic rings. The molecule has 0 aromatic carbocycles. The van der Waals surface area contributed by atoms with E-state index in [2.05, 4.69) is 5.10 Å². The lowest BCUT2D eigenvalue weighted by molar-refractivity contribution is -0.262. The van der Waals surface area contributed by atoms with Crippen molar-refractivity contribution in [3.63, 3.8) is 0 Å². The Bertz CT molecular complexity index is 634. The summed E-state index contributed by atoms with van der Waals surface area (Å²) in [6, 6.07) is 0. The highest BCUT2D eigenvalue weighted by Crippen LogP contribution is 2.51. The van der Waals surface area contributed by atoms with E-state index in [4.69, 9.17) is 28.4 Å². The first kappa shape index (κ1) is 17.2. The van der Waals surface area contributed by atoms with E-state index >= 15 is 0 Å². The van der Waals surface area contributed by atoms with Gasteiger partial charge in [0.2, 0.25) is 11.8 Å². The summed E-state index contributed by atoms with van der Waals surface area (Å²) in [6.45, 7) is 10.6. The van der Waals surface area contributed by atoms with Gasteiger partial charge in [-0.25, -0.2) is 0 Å². The van der Waals surface area contributed by atoms with Gasteiger partial charge >= 0.3 is 0 Å². The van der Waals surface area contributed by atoms with Crippen LogP contribution in [0.4, 0.5) is 0 Å². The largest absolute Gasteiger partial charge is 0.445 e. The Balaban J connectivity index is 1.74. The number of nitrogens with zero attached hydrogens (tertiary/aromatic N) is 2. The SMILES string of the molecule is CC(=O)N1N=C(C)O[C@]12[C@@H]([C@H]1COC(C)(C)O1)O[C@@H]1OC(C)(C)O[C@@H]12. The van der Waals surface area contributed by atoms with Gasteiger partial charge < -0.3 is 28.4 Å². The normalized spacial score (nSPS) is 44.1. The first-order valence-electron chi connectivity index (χ1n) is 8.42. The number of rotatable bonds is 1. The Kier molecular flexibility index (Phi) is 3.53. The number of hydrogen-bond acceptors (Lipinski definition) is 8. The van der Waals surface area contributed by atoms with Crippen LogP contribution in [0.15, 0.2) is 5.10 Å². The van der Waals surface area contributed by atoms with Crippen LogP contribution in [0.5, 0.6) is 0 Å². The van der Waals surface area contributed by atoms with Crippen LogP contribution in [0.1, 0.15) is 41.5 Å². The molecular formula is C16H24N2O7. The molecule has 9 heteroatoms. The molecule has 0 aromatic heterocycles. The van der Waals surface area contributed by atoms with Crippen LogP contribution in [-0.2, 0) is 33.2 Å². The van der Waals surface area contributed by atoms with Gasteiger partial charge in [0, 0.05) is 13.8 Å². The molecule has 1 amide bonds. The molecule has 4 rings (SSSR count). The second-order valence-electron chi connectivity index (χ2n) is 7.65. The van der Waals surface area contributed by atoms with Crippen molar-refractivity contribution < 1.29 is 33.2 Å². The molecular weight excluding hydrogens is 332 g/mol. The molecule has 5 atom stereocenters. The topological polar surface area (TPSA) is 88.1 Å². The summed E-state index contributed by atoms with van der Waals surface area (Å²) >= 11 is 0. The van der Waals surface area contributed by atoms with Gasteiger partial charge in [-0.15, -0.1) is 5.10 Å². The number of hydrazone groups is 1. The fraction of sp³-hybridized carbons (Fsp3) is 0.875. The number of ether oxygens (including phenoxy) is 6. The van der Waals surface area contributed by atoms with E-state index < -0.39 is 41.9 Å². The molecule has 0 aliphatic carbocycles. The number of hydrogen-bond donors (Lipinski definition) is 0. The van der Waals surface area contributed by atoms with E-state index in [1.54, 1.807) is 20.8 Å². The third kappa shape index (κ3) is 2.48. The molecule has 0 saturated carbocycles. The summed E-state index contributed by atoms with van der Waals surface area (Å²) in [7, 11) is 0. The van der Waals surface area contributed by atoms with Crippen molar-refractivity contribution in [2.45, 2.75) is 83.4 Å². The van der Waals surface area contributed by atoms with Crippen LogP contribution >= 0.6 is 0 Å². The zero-order valence-electron chi connectivity index (χ0n) is 15.3. The number of carbonyl (C=O) groups is 1. The van der Waals surface area contributed by atoms with E-state index in [9.17, 15) is 4.79 Å². The molecule has 1 spiro atoms.